The molecule has 2 unspecified atom stereocenters. The van der Waals surface area contributed by atoms with Crippen LogP contribution in [0.1, 0.15) is 32.1 Å². The zero-order chi connectivity index (χ0) is 10.3. The summed E-state index contributed by atoms with van der Waals surface area (Å²) in [7, 11) is 0. The van der Waals surface area contributed by atoms with Crippen LogP contribution in [-0.2, 0) is 4.79 Å². The molecule has 1 saturated heterocycles. The Balaban J connectivity index is 0.000000963. The molecule has 0 spiro atoms. The third kappa shape index (κ3) is 2.21. The molecule has 16 heavy (non-hydrogen) atoms. The van der Waals surface area contributed by atoms with Gasteiger partial charge in [0.15, 0.2) is 0 Å². The summed E-state index contributed by atoms with van der Waals surface area (Å²) in [5, 5.41) is 6.55. The Bertz CT molecular complexity index is 256. The van der Waals surface area contributed by atoms with Crippen molar-refractivity contribution in [3.05, 3.63) is 0 Å². The molecule has 3 nitrogen and oxygen atoms in total. The van der Waals surface area contributed by atoms with E-state index in [1.807, 2.05) is 0 Å². The first-order valence-corrected chi connectivity index (χ1v) is 6.37. The molecule has 1 aliphatic heterocycles. The maximum Gasteiger partial charge on any atom is 0.223 e. The molecule has 0 aromatic heterocycles. The van der Waals surface area contributed by atoms with Crippen LogP contribution >= 0.6 is 12.4 Å². The Hall–Kier alpha value is -0.280. The maximum atomic E-state index is 12.0. The van der Waals surface area contributed by atoms with Crippen LogP contribution in [0, 0.1) is 17.8 Å². The Morgan fingerprint density at radius 2 is 1.69 bits per heavy atom. The van der Waals surface area contributed by atoms with E-state index in [1.54, 1.807) is 0 Å². The molecule has 1 heterocycles. The van der Waals surface area contributed by atoms with Gasteiger partial charge in [-0.1, -0.05) is 6.42 Å². The van der Waals surface area contributed by atoms with Crippen LogP contribution in [0.3, 0.4) is 0 Å². The number of carbonyl (C=O) groups excluding carboxylic acids is 1. The van der Waals surface area contributed by atoms with Gasteiger partial charge in [0, 0.05) is 12.0 Å². The van der Waals surface area contributed by atoms with E-state index < -0.39 is 0 Å². The van der Waals surface area contributed by atoms with Crippen molar-refractivity contribution in [2.45, 2.75) is 38.1 Å². The second-order valence-electron chi connectivity index (χ2n) is 5.32. The molecule has 1 amide bonds. The van der Waals surface area contributed by atoms with Gasteiger partial charge >= 0.3 is 0 Å². The van der Waals surface area contributed by atoms with Gasteiger partial charge in [-0.05, 0) is 50.6 Å². The highest BCUT2D eigenvalue weighted by Crippen LogP contribution is 2.57. The van der Waals surface area contributed by atoms with Gasteiger partial charge in [-0.2, -0.15) is 0 Å². The molecule has 4 heteroatoms. The van der Waals surface area contributed by atoms with Gasteiger partial charge in [-0.25, -0.2) is 0 Å². The summed E-state index contributed by atoms with van der Waals surface area (Å²) < 4.78 is 0. The summed E-state index contributed by atoms with van der Waals surface area (Å²) in [5.41, 5.74) is 0. The quantitative estimate of drug-likeness (QED) is 0.770. The minimum atomic E-state index is 0. The van der Waals surface area contributed by atoms with Crippen molar-refractivity contribution in [2.75, 3.05) is 13.1 Å². The van der Waals surface area contributed by atoms with Crippen molar-refractivity contribution in [1.29, 1.82) is 0 Å². The Morgan fingerprint density at radius 3 is 2.31 bits per heavy atom. The van der Waals surface area contributed by atoms with E-state index in [4.69, 9.17) is 0 Å². The number of amides is 1. The third-order valence-electron chi connectivity index (χ3n) is 4.39. The summed E-state index contributed by atoms with van der Waals surface area (Å²) in [4.78, 5) is 12.0. The summed E-state index contributed by atoms with van der Waals surface area (Å²) in [6.45, 7) is 2.12. The Morgan fingerprint density at radius 1 is 1.06 bits per heavy atom. The van der Waals surface area contributed by atoms with Crippen LogP contribution in [0.15, 0.2) is 0 Å². The van der Waals surface area contributed by atoms with Crippen LogP contribution in [0.2, 0.25) is 0 Å². The Labute approximate surface area is 103 Å². The number of hydrogen-bond acceptors (Lipinski definition) is 2. The third-order valence-corrected chi connectivity index (χ3v) is 4.39. The summed E-state index contributed by atoms with van der Waals surface area (Å²) in [5.74, 6) is 2.27. The number of rotatable bonds is 2. The van der Waals surface area contributed by atoms with E-state index in [2.05, 4.69) is 10.6 Å². The van der Waals surface area contributed by atoms with Crippen molar-refractivity contribution >= 4 is 18.3 Å². The van der Waals surface area contributed by atoms with Gasteiger partial charge in [0.2, 0.25) is 5.91 Å². The highest BCUT2D eigenvalue weighted by Gasteiger charge is 2.56. The lowest BCUT2D eigenvalue weighted by atomic mass is 10.1. The largest absolute Gasteiger partial charge is 0.353 e. The fourth-order valence-electron chi connectivity index (χ4n) is 3.47. The molecule has 2 N–H and O–H groups in total. The van der Waals surface area contributed by atoms with Crippen molar-refractivity contribution in [3.63, 3.8) is 0 Å². The molecular weight excluding hydrogens is 224 g/mol. The minimum absolute atomic E-state index is 0. The van der Waals surface area contributed by atoms with E-state index in [9.17, 15) is 4.79 Å². The lowest BCUT2D eigenvalue weighted by Crippen LogP contribution is -2.43. The van der Waals surface area contributed by atoms with Crippen LogP contribution < -0.4 is 10.6 Å². The number of hydrogen-bond donors (Lipinski definition) is 2. The van der Waals surface area contributed by atoms with Gasteiger partial charge in [0.25, 0.3) is 0 Å². The van der Waals surface area contributed by atoms with Crippen molar-refractivity contribution in [3.8, 4) is 0 Å². The molecule has 3 aliphatic rings. The average molecular weight is 245 g/mol. The highest BCUT2D eigenvalue weighted by atomic mass is 35.5. The minimum Gasteiger partial charge on any atom is -0.353 e. The second-order valence-corrected chi connectivity index (χ2v) is 5.32. The van der Waals surface area contributed by atoms with Crippen molar-refractivity contribution in [1.82, 2.24) is 10.6 Å². The summed E-state index contributed by atoms with van der Waals surface area (Å²) in [6.07, 6.45) is 6.16. The standard InChI is InChI=1S/C12H20N2O.ClH/c15-12(11-9-2-1-3-10(9)11)14-8-4-6-13-7-5-8;/h8-11,13H,1-7H2,(H,14,15);1H. The van der Waals surface area contributed by atoms with E-state index in [0.29, 0.717) is 17.9 Å². The fourth-order valence-corrected chi connectivity index (χ4v) is 3.47. The Kier molecular flexibility index (Phi) is 3.75. The lowest BCUT2D eigenvalue weighted by molar-refractivity contribution is -0.123. The fraction of sp³-hybridized carbons (Fsp3) is 0.917. The molecule has 3 fully saturated rings. The molecule has 3 rings (SSSR count). The van der Waals surface area contributed by atoms with Crippen molar-refractivity contribution < 1.29 is 4.79 Å². The van der Waals surface area contributed by atoms with Gasteiger partial charge in [0.05, 0.1) is 0 Å². The van der Waals surface area contributed by atoms with E-state index >= 15 is 0 Å². The molecular formula is C12H21ClN2O. The lowest BCUT2D eigenvalue weighted by Gasteiger charge is -2.24. The summed E-state index contributed by atoms with van der Waals surface area (Å²) in [6, 6.07) is 0.445. The molecule has 2 atom stereocenters. The first-order chi connectivity index (χ1) is 7.36. The monoisotopic (exact) mass is 244 g/mol. The van der Waals surface area contributed by atoms with Crippen LogP contribution in [-0.4, -0.2) is 25.0 Å². The SMILES string of the molecule is Cl.O=C(NC1CCNCC1)C1C2CCCC21. The van der Waals surface area contributed by atoms with Crippen LogP contribution in [0.5, 0.6) is 0 Å². The van der Waals surface area contributed by atoms with Crippen LogP contribution in [0.4, 0.5) is 0 Å². The highest BCUT2D eigenvalue weighted by molar-refractivity contribution is 5.85. The molecule has 0 aromatic carbocycles. The smallest absolute Gasteiger partial charge is 0.223 e. The molecule has 2 saturated carbocycles. The average Bonchev–Trinajstić information content (AvgIpc) is 2.75. The number of halogens is 1. The molecule has 92 valence electrons. The number of piperidine rings is 1. The molecule has 0 aromatic rings. The zero-order valence-corrected chi connectivity index (χ0v) is 10.4. The van der Waals surface area contributed by atoms with Gasteiger partial charge in [-0.3, -0.25) is 4.79 Å². The number of carbonyl (C=O) groups is 1. The van der Waals surface area contributed by atoms with E-state index in [-0.39, 0.29) is 12.4 Å². The normalized spacial score (nSPS) is 37.4. The van der Waals surface area contributed by atoms with E-state index in [0.717, 1.165) is 37.8 Å². The van der Waals surface area contributed by atoms with Crippen molar-refractivity contribution in [2.24, 2.45) is 17.8 Å². The number of fused-ring (bicyclic) bond motifs is 1. The second kappa shape index (κ2) is 4.92. The summed E-state index contributed by atoms with van der Waals surface area (Å²) >= 11 is 0. The van der Waals surface area contributed by atoms with Gasteiger partial charge in [0.1, 0.15) is 0 Å². The molecule has 2 aliphatic carbocycles. The zero-order valence-electron chi connectivity index (χ0n) is 9.58. The molecule has 0 bridgehead atoms. The first kappa shape index (κ1) is 12.2. The van der Waals surface area contributed by atoms with Gasteiger partial charge < -0.3 is 10.6 Å². The maximum absolute atomic E-state index is 12.0. The van der Waals surface area contributed by atoms with Gasteiger partial charge in [-0.15, -0.1) is 12.4 Å². The van der Waals surface area contributed by atoms with E-state index in [1.165, 1.54) is 19.3 Å². The number of nitrogens with one attached hydrogen (secondary N) is 2. The first-order valence-electron chi connectivity index (χ1n) is 6.37. The topological polar surface area (TPSA) is 41.1 Å². The predicted molar refractivity (Wildman–Crippen MR) is 65.6 cm³/mol. The molecule has 0 radical (unpaired) electrons. The predicted octanol–water partition coefficient (Wildman–Crippen LogP) is 1.32. The van der Waals surface area contributed by atoms with Crippen LogP contribution in [0.25, 0.3) is 0 Å².